The summed E-state index contributed by atoms with van der Waals surface area (Å²) in [5.74, 6) is 0.106. The van der Waals surface area contributed by atoms with E-state index in [0.717, 1.165) is 24.4 Å². The van der Waals surface area contributed by atoms with Crippen molar-refractivity contribution >= 4 is 5.78 Å². The molecule has 0 spiro atoms. The van der Waals surface area contributed by atoms with Gasteiger partial charge in [-0.05, 0) is 26.7 Å². The number of benzene rings is 1. The zero-order chi connectivity index (χ0) is 12.3. The van der Waals surface area contributed by atoms with Gasteiger partial charge in [0.05, 0.1) is 0 Å². The molecular weight excluding hydrogens is 210 g/mol. The molecular formula is C15H19NO. The monoisotopic (exact) mass is 229 g/mol. The number of rotatable bonds is 3. The predicted octanol–water partition coefficient (Wildman–Crippen LogP) is 3.18. The van der Waals surface area contributed by atoms with Crippen LogP contribution in [-0.2, 0) is 0 Å². The Morgan fingerprint density at radius 2 is 1.76 bits per heavy atom. The summed E-state index contributed by atoms with van der Waals surface area (Å²) in [5.41, 5.74) is 3.05. The molecule has 0 aromatic heterocycles. The van der Waals surface area contributed by atoms with E-state index in [1.165, 1.54) is 18.4 Å². The van der Waals surface area contributed by atoms with Crippen LogP contribution in [0.3, 0.4) is 0 Å². The second-order valence-corrected chi connectivity index (χ2v) is 4.71. The van der Waals surface area contributed by atoms with Gasteiger partial charge >= 0.3 is 0 Å². The van der Waals surface area contributed by atoms with Crippen LogP contribution >= 0.6 is 0 Å². The van der Waals surface area contributed by atoms with Gasteiger partial charge in [-0.3, -0.25) is 4.79 Å². The van der Waals surface area contributed by atoms with E-state index in [-0.39, 0.29) is 5.78 Å². The van der Waals surface area contributed by atoms with Crippen molar-refractivity contribution in [3.63, 3.8) is 0 Å². The minimum absolute atomic E-state index is 0.106. The molecule has 1 aliphatic heterocycles. The Labute approximate surface area is 103 Å². The van der Waals surface area contributed by atoms with Crippen LogP contribution in [0.1, 0.15) is 35.7 Å². The van der Waals surface area contributed by atoms with Crippen LogP contribution < -0.4 is 0 Å². The third-order valence-corrected chi connectivity index (χ3v) is 3.28. The molecule has 0 N–H and O–H groups in total. The van der Waals surface area contributed by atoms with Gasteiger partial charge in [-0.25, -0.2) is 0 Å². The Morgan fingerprint density at radius 1 is 1.18 bits per heavy atom. The lowest BCUT2D eigenvalue weighted by Crippen LogP contribution is -2.17. The van der Waals surface area contributed by atoms with Crippen LogP contribution in [0.4, 0.5) is 0 Å². The first kappa shape index (κ1) is 11.9. The van der Waals surface area contributed by atoms with Crippen molar-refractivity contribution in [1.82, 2.24) is 4.90 Å². The van der Waals surface area contributed by atoms with Crippen LogP contribution in [0.25, 0.3) is 0 Å². The van der Waals surface area contributed by atoms with Crippen molar-refractivity contribution in [3.05, 3.63) is 47.2 Å². The molecule has 0 saturated carbocycles. The number of hydrogen-bond donors (Lipinski definition) is 0. The van der Waals surface area contributed by atoms with E-state index in [2.05, 4.69) is 4.90 Å². The molecule has 0 radical (unpaired) electrons. The Bertz CT molecular complexity index is 425. The fraction of sp³-hybridized carbons (Fsp3) is 0.400. The number of carbonyl (C=O) groups excluding carboxylic acids is 1. The van der Waals surface area contributed by atoms with Gasteiger partial charge in [0, 0.05) is 30.4 Å². The van der Waals surface area contributed by atoms with Crippen LogP contribution in [0.2, 0.25) is 0 Å². The maximum Gasteiger partial charge on any atom is 0.187 e. The average molecular weight is 229 g/mol. The molecule has 2 nitrogen and oxygen atoms in total. The Hall–Kier alpha value is -1.57. The molecule has 2 rings (SSSR count). The van der Waals surface area contributed by atoms with Gasteiger partial charge in [0.25, 0.3) is 0 Å². The molecule has 2 heteroatoms. The third kappa shape index (κ3) is 2.96. The Morgan fingerprint density at radius 3 is 2.35 bits per heavy atom. The van der Waals surface area contributed by atoms with Crippen molar-refractivity contribution in [3.8, 4) is 0 Å². The summed E-state index contributed by atoms with van der Waals surface area (Å²) >= 11 is 0. The van der Waals surface area contributed by atoms with Gasteiger partial charge < -0.3 is 4.90 Å². The standard InChI is InChI=1S/C15H19NO/c1-12-5-7-14(8-6-12)15(17)11-13(2)16-9-3-4-10-16/h5-8,11H,3-4,9-10H2,1-2H3/b13-11+. The second kappa shape index (κ2) is 5.17. The summed E-state index contributed by atoms with van der Waals surface area (Å²) in [6.45, 7) is 6.23. The highest BCUT2D eigenvalue weighted by Crippen LogP contribution is 2.15. The summed E-state index contributed by atoms with van der Waals surface area (Å²) in [6.07, 6.45) is 4.24. The number of carbonyl (C=O) groups is 1. The molecule has 0 unspecified atom stereocenters. The first-order valence-electron chi connectivity index (χ1n) is 6.21. The van der Waals surface area contributed by atoms with Gasteiger partial charge in [0.1, 0.15) is 0 Å². The highest BCUT2D eigenvalue weighted by Gasteiger charge is 2.12. The zero-order valence-electron chi connectivity index (χ0n) is 10.6. The number of likely N-dealkylation sites (tertiary alicyclic amines) is 1. The van der Waals surface area contributed by atoms with Gasteiger partial charge in [-0.15, -0.1) is 0 Å². The van der Waals surface area contributed by atoms with Gasteiger partial charge in [0.2, 0.25) is 0 Å². The minimum Gasteiger partial charge on any atom is -0.375 e. The SMILES string of the molecule is C/C(=C\C(=O)c1ccc(C)cc1)N1CCCC1. The van der Waals surface area contributed by atoms with E-state index >= 15 is 0 Å². The number of hydrogen-bond acceptors (Lipinski definition) is 2. The summed E-state index contributed by atoms with van der Waals surface area (Å²) < 4.78 is 0. The van der Waals surface area contributed by atoms with Crippen molar-refractivity contribution in [2.75, 3.05) is 13.1 Å². The van der Waals surface area contributed by atoms with Crippen molar-refractivity contribution in [2.45, 2.75) is 26.7 Å². The number of nitrogens with zero attached hydrogens (tertiary/aromatic N) is 1. The molecule has 0 bridgehead atoms. The lowest BCUT2D eigenvalue weighted by molar-refractivity contribution is 0.104. The third-order valence-electron chi connectivity index (χ3n) is 3.28. The first-order valence-corrected chi connectivity index (χ1v) is 6.21. The lowest BCUT2D eigenvalue weighted by Gasteiger charge is -2.17. The van der Waals surface area contributed by atoms with Gasteiger partial charge in [-0.1, -0.05) is 29.8 Å². The van der Waals surface area contributed by atoms with Crippen LogP contribution in [0.15, 0.2) is 36.0 Å². The maximum absolute atomic E-state index is 12.0. The molecule has 90 valence electrons. The molecule has 1 heterocycles. The van der Waals surface area contributed by atoms with Gasteiger partial charge in [-0.2, -0.15) is 0 Å². The molecule has 0 atom stereocenters. The van der Waals surface area contributed by atoms with E-state index in [9.17, 15) is 4.79 Å². The molecule has 1 aromatic rings. The van der Waals surface area contributed by atoms with Crippen LogP contribution in [0, 0.1) is 6.92 Å². The largest absolute Gasteiger partial charge is 0.375 e. The van der Waals surface area contributed by atoms with Crippen molar-refractivity contribution in [2.24, 2.45) is 0 Å². The average Bonchev–Trinajstić information content (AvgIpc) is 2.83. The first-order chi connectivity index (χ1) is 8.16. The minimum atomic E-state index is 0.106. The van der Waals surface area contributed by atoms with Crippen molar-refractivity contribution in [1.29, 1.82) is 0 Å². The normalized spacial score (nSPS) is 16.4. The summed E-state index contributed by atoms with van der Waals surface area (Å²) in [5, 5.41) is 0. The quantitative estimate of drug-likeness (QED) is 0.586. The number of aryl methyl sites for hydroxylation is 1. The van der Waals surface area contributed by atoms with Gasteiger partial charge in [0.15, 0.2) is 5.78 Å². The fourth-order valence-corrected chi connectivity index (χ4v) is 2.15. The summed E-state index contributed by atoms with van der Waals surface area (Å²) in [6, 6.07) is 7.75. The highest BCUT2D eigenvalue weighted by atomic mass is 16.1. The molecule has 1 saturated heterocycles. The van der Waals surface area contributed by atoms with E-state index in [4.69, 9.17) is 0 Å². The number of allylic oxidation sites excluding steroid dienone is 2. The maximum atomic E-state index is 12.0. The van der Waals surface area contributed by atoms with E-state index in [1.54, 1.807) is 6.08 Å². The van der Waals surface area contributed by atoms with Crippen LogP contribution in [0.5, 0.6) is 0 Å². The van der Waals surface area contributed by atoms with E-state index < -0.39 is 0 Å². The molecule has 1 aliphatic rings. The fourth-order valence-electron chi connectivity index (χ4n) is 2.15. The molecule has 1 aromatic carbocycles. The highest BCUT2D eigenvalue weighted by molar-refractivity contribution is 6.04. The summed E-state index contributed by atoms with van der Waals surface area (Å²) in [7, 11) is 0. The Balaban J connectivity index is 2.09. The smallest absolute Gasteiger partial charge is 0.187 e. The van der Waals surface area contributed by atoms with Crippen LogP contribution in [-0.4, -0.2) is 23.8 Å². The predicted molar refractivity (Wildman–Crippen MR) is 70.1 cm³/mol. The molecule has 0 aliphatic carbocycles. The van der Waals surface area contributed by atoms with Crippen molar-refractivity contribution < 1.29 is 4.79 Å². The zero-order valence-corrected chi connectivity index (χ0v) is 10.6. The van der Waals surface area contributed by atoms with E-state index in [0.29, 0.717) is 0 Å². The van der Waals surface area contributed by atoms with E-state index in [1.807, 2.05) is 38.1 Å². The number of ketones is 1. The lowest BCUT2D eigenvalue weighted by atomic mass is 10.1. The Kier molecular flexibility index (Phi) is 3.62. The summed E-state index contributed by atoms with van der Waals surface area (Å²) in [4.78, 5) is 14.3. The molecule has 0 amide bonds. The second-order valence-electron chi connectivity index (χ2n) is 4.71. The topological polar surface area (TPSA) is 20.3 Å². The molecule has 17 heavy (non-hydrogen) atoms. The molecule has 1 fully saturated rings.